The zero-order valence-electron chi connectivity index (χ0n) is 13.2. The van der Waals surface area contributed by atoms with Gasteiger partial charge in [0.25, 0.3) is 5.69 Å². The van der Waals surface area contributed by atoms with Crippen molar-refractivity contribution >= 4 is 16.8 Å². The summed E-state index contributed by atoms with van der Waals surface area (Å²) < 4.78 is 18.2. The van der Waals surface area contributed by atoms with Crippen molar-refractivity contribution in [3.05, 3.63) is 34.4 Å². The van der Waals surface area contributed by atoms with Gasteiger partial charge in [0.1, 0.15) is 0 Å². The van der Waals surface area contributed by atoms with Crippen LogP contribution in [0.15, 0.2) is 29.2 Å². The van der Waals surface area contributed by atoms with Gasteiger partial charge in [0.15, 0.2) is 11.1 Å². The maximum atomic E-state index is 12.4. The zero-order valence-corrected chi connectivity index (χ0v) is 14.0. The second-order valence-electron chi connectivity index (χ2n) is 6.45. The molecule has 0 N–H and O–H groups in total. The molecule has 1 aromatic rings. The number of hydrogen-bond acceptors (Lipinski definition) is 4. The maximum Gasteiger partial charge on any atom is 0.269 e. The van der Waals surface area contributed by atoms with Gasteiger partial charge in [0.2, 0.25) is 0 Å². The van der Waals surface area contributed by atoms with E-state index in [0.29, 0.717) is 22.6 Å². The van der Waals surface area contributed by atoms with Crippen LogP contribution in [-0.2, 0) is 15.3 Å². The van der Waals surface area contributed by atoms with Crippen LogP contribution in [-0.4, -0.2) is 15.2 Å². The highest BCUT2D eigenvalue weighted by molar-refractivity contribution is 7.80. The van der Waals surface area contributed by atoms with Crippen molar-refractivity contribution in [2.24, 2.45) is 17.8 Å². The van der Waals surface area contributed by atoms with Crippen molar-refractivity contribution < 1.29 is 13.3 Å². The van der Waals surface area contributed by atoms with E-state index in [0.717, 1.165) is 12.8 Å². The second-order valence-corrected chi connectivity index (χ2v) is 7.58. The summed E-state index contributed by atoms with van der Waals surface area (Å²) in [5.74, 6) is 1.48. The Balaban J connectivity index is 2.07. The molecule has 0 saturated heterocycles. The van der Waals surface area contributed by atoms with Crippen molar-refractivity contribution in [3.8, 4) is 0 Å². The molecule has 0 spiro atoms. The van der Waals surface area contributed by atoms with Gasteiger partial charge < -0.3 is 0 Å². The fraction of sp³-hybridized carbons (Fsp3) is 0.625. The van der Waals surface area contributed by atoms with E-state index in [9.17, 15) is 14.3 Å². The molecular formula is C16H23NO4S. The first-order chi connectivity index (χ1) is 10.4. The Kier molecular flexibility index (Phi) is 5.69. The number of nitrogens with zero attached hydrogens (tertiary/aromatic N) is 1. The molecule has 0 aliphatic heterocycles. The zero-order chi connectivity index (χ0) is 16.3. The third-order valence-electron chi connectivity index (χ3n) is 4.41. The van der Waals surface area contributed by atoms with Crippen LogP contribution in [0.25, 0.3) is 0 Å². The molecule has 1 aromatic carbocycles. The van der Waals surface area contributed by atoms with Crippen LogP contribution in [0.2, 0.25) is 0 Å². The van der Waals surface area contributed by atoms with Crippen molar-refractivity contribution in [1.29, 1.82) is 0 Å². The molecule has 0 aromatic heterocycles. The van der Waals surface area contributed by atoms with Gasteiger partial charge in [-0.1, -0.05) is 27.2 Å². The van der Waals surface area contributed by atoms with Crippen molar-refractivity contribution in [3.63, 3.8) is 0 Å². The average Bonchev–Trinajstić information content (AvgIpc) is 2.47. The van der Waals surface area contributed by atoms with Crippen LogP contribution >= 0.6 is 0 Å². The van der Waals surface area contributed by atoms with Crippen LogP contribution in [0.5, 0.6) is 0 Å². The third-order valence-corrected chi connectivity index (χ3v) is 5.49. The summed E-state index contributed by atoms with van der Waals surface area (Å²) in [7, 11) is 0. The van der Waals surface area contributed by atoms with Gasteiger partial charge in [0.05, 0.1) is 15.9 Å². The minimum atomic E-state index is -1.58. The summed E-state index contributed by atoms with van der Waals surface area (Å²) in [5.41, 5.74) is -0.00732. The standard InChI is InChI=1S/C16H23NO4S/c1-11(2)15-9-4-12(3)10-16(15)21-22(20)14-7-5-13(6-8-14)17(18)19/h5-8,11-12,15-16H,4,9-10H2,1-3H3/t12-,15+,16-,22?/m1/s1. The normalized spacial score (nSPS) is 26.8. The average molecular weight is 325 g/mol. The van der Waals surface area contributed by atoms with E-state index >= 15 is 0 Å². The van der Waals surface area contributed by atoms with Gasteiger partial charge in [-0.2, -0.15) is 0 Å². The fourth-order valence-corrected chi connectivity index (χ4v) is 3.99. The van der Waals surface area contributed by atoms with Crippen LogP contribution in [0.1, 0.15) is 40.0 Å². The highest BCUT2D eigenvalue weighted by Gasteiger charge is 2.33. The summed E-state index contributed by atoms with van der Waals surface area (Å²) in [5, 5.41) is 10.7. The largest absolute Gasteiger partial charge is 0.283 e. The van der Waals surface area contributed by atoms with Crippen molar-refractivity contribution in [1.82, 2.24) is 0 Å². The van der Waals surface area contributed by atoms with E-state index in [1.165, 1.54) is 30.7 Å². The Hall–Kier alpha value is -1.27. The molecule has 5 nitrogen and oxygen atoms in total. The number of rotatable bonds is 5. The predicted molar refractivity (Wildman–Crippen MR) is 85.7 cm³/mol. The van der Waals surface area contributed by atoms with Gasteiger partial charge in [-0.15, -0.1) is 0 Å². The maximum absolute atomic E-state index is 12.4. The van der Waals surface area contributed by atoms with E-state index in [4.69, 9.17) is 4.18 Å². The smallest absolute Gasteiger partial charge is 0.269 e. The topological polar surface area (TPSA) is 69.4 Å². The molecule has 122 valence electrons. The van der Waals surface area contributed by atoms with Gasteiger partial charge in [-0.05, 0) is 42.7 Å². The molecule has 1 saturated carbocycles. The molecule has 1 unspecified atom stereocenters. The van der Waals surface area contributed by atoms with Crippen LogP contribution in [0.4, 0.5) is 5.69 Å². The first-order valence-electron chi connectivity index (χ1n) is 7.71. The van der Waals surface area contributed by atoms with E-state index < -0.39 is 16.0 Å². The predicted octanol–water partition coefficient (Wildman–Crippen LogP) is 4.09. The Bertz CT molecular complexity index is 544. The lowest BCUT2D eigenvalue weighted by Gasteiger charge is -2.36. The van der Waals surface area contributed by atoms with Crippen molar-refractivity contribution in [2.75, 3.05) is 0 Å². The number of benzene rings is 1. The molecule has 0 radical (unpaired) electrons. The quantitative estimate of drug-likeness (QED) is 0.604. The number of nitro benzene ring substituents is 1. The number of nitro groups is 1. The molecule has 22 heavy (non-hydrogen) atoms. The SMILES string of the molecule is CC(C)[C@@H]1CC[C@@H](C)C[C@H]1OS(=O)c1ccc([N+](=O)[O-])cc1. The Morgan fingerprint density at radius 3 is 2.45 bits per heavy atom. The highest BCUT2D eigenvalue weighted by atomic mass is 32.2. The molecule has 1 aliphatic carbocycles. The van der Waals surface area contributed by atoms with Crippen LogP contribution in [0, 0.1) is 27.9 Å². The van der Waals surface area contributed by atoms with Gasteiger partial charge in [-0.3, -0.25) is 14.3 Å². The summed E-state index contributed by atoms with van der Waals surface area (Å²) in [4.78, 5) is 10.7. The van der Waals surface area contributed by atoms with E-state index in [2.05, 4.69) is 20.8 Å². The van der Waals surface area contributed by atoms with Gasteiger partial charge in [-0.25, -0.2) is 4.21 Å². The summed E-state index contributed by atoms with van der Waals surface area (Å²) >= 11 is -1.58. The lowest BCUT2D eigenvalue weighted by Crippen LogP contribution is -2.34. The molecule has 0 amide bonds. The first kappa shape index (κ1) is 17.1. The Labute approximate surface area is 133 Å². The van der Waals surface area contributed by atoms with Crippen molar-refractivity contribution in [2.45, 2.75) is 51.0 Å². The van der Waals surface area contributed by atoms with Crippen LogP contribution < -0.4 is 0 Å². The number of hydrogen-bond donors (Lipinski definition) is 0. The molecule has 1 fully saturated rings. The Morgan fingerprint density at radius 2 is 1.91 bits per heavy atom. The lowest BCUT2D eigenvalue weighted by molar-refractivity contribution is -0.384. The lowest BCUT2D eigenvalue weighted by atomic mass is 9.75. The number of non-ortho nitro benzene ring substituents is 1. The summed E-state index contributed by atoms with van der Waals surface area (Å²) in [6.07, 6.45) is 3.19. The van der Waals surface area contributed by atoms with Gasteiger partial charge in [0, 0.05) is 12.1 Å². The van der Waals surface area contributed by atoms with E-state index in [1.54, 1.807) is 0 Å². The highest BCUT2D eigenvalue weighted by Crippen LogP contribution is 2.36. The molecule has 1 aliphatic rings. The molecule has 2 rings (SSSR count). The molecular weight excluding hydrogens is 302 g/mol. The minimum absolute atomic E-state index is 0.00732. The van der Waals surface area contributed by atoms with E-state index in [1.807, 2.05) is 0 Å². The first-order valence-corrected chi connectivity index (χ1v) is 8.79. The molecule has 4 atom stereocenters. The minimum Gasteiger partial charge on any atom is -0.283 e. The molecule has 0 bridgehead atoms. The Morgan fingerprint density at radius 1 is 1.27 bits per heavy atom. The van der Waals surface area contributed by atoms with Crippen LogP contribution in [0.3, 0.4) is 0 Å². The summed E-state index contributed by atoms with van der Waals surface area (Å²) in [6.45, 7) is 6.54. The fourth-order valence-electron chi connectivity index (χ4n) is 3.07. The third kappa shape index (κ3) is 4.14. The summed E-state index contributed by atoms with van der Waals surface area (Å²) in [6, 6.07) is 5.73. The van der Waals surface area contributed by atoms with E-state index in [-0.39, 0.29) is 11.8 Å². The second kappa shape index (κ2) is 7.33. The molecule has 0 heterocycles. The monoisotopic (exact) mass is 325 g/mol. The molecule has 6 heteroatoms. The van der Waals surface area contributed by atoms with Gasteiger partial charge >= 0.3 is 0 Å².